The predicted octanol–water partition coefficient (Wildman–Crippen LogP) is 3.41. The largest absolute Gasteiger partial charge is 0.444 e. The maximum absolute atomic E-state index is 11.8. The van der Waals surface area contributed by atoms with Crippen LogP contribution in [0.5, 0.6) is 0 Å². The number of hydrogen-bond donors (Lipinski definition) is 2. The normalized spacial score (nSPS) is 13.6. The summed E-state index contributed by atoms with van der Waals surface area (Å²) in [6, 6.07) is 7.92. The predicted molar refractivity (Wildman–Crippen MR) is 89.1 cm³/mol. The standard InChI is InChI=1S/C18H29NO3/c1-17(2,3)14-9-7-13(8-10-14)11-15(12-20)19-16(21)22-18(4,5)6/h7-10,15,20H,11-12H2,1-6H3,(H,19,21)/t15-/m0/s1. The fraction of sp³-hybridized carbons (Fsp3) is 0.611. The molecule has 1 amide bonds. The van der Waals surface area contributed by atoms with Gasteiger partial charge in [0.1, 0.15) is 5.60 Å². The second-order valence-corrected chi connectivity index (χ2v) is 7.68. The van der Waals surface area contributed by atoms with Gasteiger partial charge in [-0.2, -0.15) is 0 Å². The molecule has 0 heterocycles. The molecule has 1 aromatic carbocycles. The summed E-state index contributed by atoms with van der Waals surface area (Å²) in [6.45, 7) is 11.8. The van der Waals surface area contributed by atoms with Gasteiger partial charge in [-0.15, -0.1) is 0 Å². The van der Waals surface area contributed by atoms with Crippen LogP contribution in [-0.4, -0.2) is 29.4 Å². The molecule has 0 saturated carbocycles. The van der Waals surface area contributed by atoms with Crippen LogP contribution >= 0.6 is 0 Å². The minimum atomic E-state index is -0.543. The second-order valence-electron chi connectivity index (χ2n) is 7.68. The van der Waals surface area contributed by atoms with Gasteiger partial charge in [0.05, 0.1) is 12.6 Å². The molecule has 0 aliphatic rings. The van der Waals surface area contributed by atoms with Gasteiger partial charge in [0.25, 0.3) is 0 Å². The van der Waals surface area contributed by atoms with Crippen molar-refractivity contribution in [3.63, 3.8) is 0 Å². The molecule has 0 fully saturated rings. The smallest absolute Gasteiger partial charge is 0.407 e. The van der Waals surface area contributed by atoms with Gasteiger partial charge >= 0.3 is 6.09 Å². The molecular formula is C18H29NO3. The van der Waals surface area contributed by atoms with Gasteiger partial charge in [-0.1, -0.05) is 45.0 Å². The Bertz CT molecular complexity index is 481. The Hall–Kier alpha value is -1.55. The minimum absolute atomic E-state index is 0.115. The highest BCUT2D eigenvalue weighted by Gasteiger charge is 2.19. The van der Waals surface area contributed by atoms with Crippen LogP contribution in [-0.2, 0) is 16.6 Å². The van der Waals surface area contributed by atoms with Gasteiger partial charge < -0.3 is 15.2 Å². The summed E-state index contributed by atoms with van der Waals surface area (Å²) in [4.78, 5) is 11.8. The van der Waals surface area contributed by atoms with Gasteiger partial charge in [0.15, 0.2) is 0 Å². The molecule has 4 heteroatoms. The number of carbonyl (C=O) groups is 1. The maximum atomic E-state index is 11.8. The molecular weight excluding hydrogens is 278 g/mol. The molecule has 0 spiro atoms. The van der Waals surface area contributed by atoms with E-state index in [1.807, 2.05) is 32.9 Å². The molecule has 0 radical (unpaired) electrons. The van der Waals surface area contributed by atoms with Crippen LogP contribution in [0.2, 0.25) is 0 Å². The lowest BCUT2D eigenvalue weighted by atomic mass is 9.86. The molecule has 0 aliphatic carbocycles. The zero-order valence-corrected chi connectivity index (χ0v) is 14.6. The topological polar surface area (TPSA) is 58.6 Å². The van der Waals surface area contributed by atoms with Crippen LogP contribution in [0.25, 0.3) is 0 Å². The summed E-state index contributed by atoms with van der Waals surface area (Å²) < 4.78 is 5.21. The summed E-state index contributed by atoms with van der Waals surface area (Å²) in [5.74, 6) is 0. The van der Waals surface area contributed by atoms with Crippen LogP contribution in [0, 0.1) is 0 Å². The van der Waals surface area contributed by atoms with E-state index in [4.69, 9.17) is 4.74 Å². The molecule has 4 nitrogen and oxygen atoms in total. The van der Waals surface area contributed by atoms with E-state index in [0.717, 1.165) is 5.56 Å². The Balaban J connectivity index is 2.65. The number of nitrogens with one attached hydrogen (secondary N) is 1. The van der Waals surface area contributed by atoms with E-state index in [0.29, 0.717) is 6.42 Å². The minimum Gasteiger partial charge on any atom is -0.444 e. The molecule has 0 saturated heterocycles. The van der Waals surface area contributed by atoms with Crippen LogP contribution < -0.4 is 5.32 Å². The molecule has 1 rings (SSSR count). The molecule has 124 valence electrons. The first-order valence-corrected chi connectivity index (χ1v) is 7.71. The number of benzene rings is 1. The average molecular weight is 307 g/mol. The van der Waals surface area contributed by atoms with Crippen LogP contribution in [0.4, 0.5) is 4.79 Å². The van der Waals surface area contributed by atoms with Crippen molar-refractivity contribution in [1.29, 1.82) is 0 Å². The Morgan fingerprint density at radius 2 is 1.68 bits per heavy atom. The fourth-order valence-electron chi connectivity index (χ4n) is 2.06. The monoisotopic (exact) mass is 307 g/mol. The van der Waals surface area contributed by atoms with Crippen molar-refractivity contribution in [2.45, 2.75) is 65.0 Å². The summed E-state index contributed by atoms with van der Waals surface area (Å²) in [5, 5.41) is 12.2. The SMILES string of the molecule is CC(C)(C)OC(=O)N[C@H](CO)Cc1ccc(C(C)(C)C)cc1. The van der Waals surface area contributed by atoms with Crippen molar-refractivity contribution in [3.8, 4) is 0 Å². The van der Waals surface area contributed by atoms with Crippen molar-refractivity contribution in [2.24, 2.45) is 0 Å². The van der Waals surface area contributed by atoms with E-state index in [9.17, 15) is 9.90 Å². The number of ether oxygens (including phenoxy) is 1. The Kier molecular flexibility index (Phi) is 6.00. The fourth-order valence-corrected chi connectivity index (χ4v) is 2.06. The molecule has 2 N–H and O–H groups in total. The average Bonchev–Trinajstić information content (AvgIpc) is 2.35. The van der Waals surface area contributed by atoms with Crippen molar-refractivity contribution in [2.75, 3.05) is 6.61 Å². The highest BCUT2D eigenvalue weighted by molar-refractivity contribution is 5.68. The molecule has 0 bridgehead atoms. The maximum Gasteiger partial charge on any atom is 0.407 e. The van der Waals surface area contributed by atoms with Gasteiger partial charge in [-0.25, -0.2) is 4.79 Å². The van der Waals surface area contributed by atoms with Crippen LogP contribution in [0.15, 0.2) is 24.3 Å². The molecule has 1 atom stereocenters. The van der Waals surface area contributed by atoms with Crippen molar-refractivity contribution in [1.82, 2.24) is 5.32 Å². The van der Waals surface area contributed by atoms with Crippen molar-refractivity contribution in [3.05, 3.63) is 35.4 Å². The van der Waals surface area contributed by atoms with Gasteiger partial charge in [-0.05, 0) is 43.7 Å². The molecule has 0 aliphatic heterocycles. The van der Waals surface area contributed by atoms with E-state index < -0.39 is 11.7 Å². The molecule has 22 heavy (non-hydrogen) atoms. The third kappa shape index (κ3) is 6.48. The van der Waals surface area contributed by atoms with E-state index in [1.54, 1.807) is 0 Å². The third-order valence-electron chi connectivity index (χ3n) is 3.24. The van der Waals surface area contributed by atoms with Gasteiger partial charge in [0, 0.05) is 0 Å². The van der Waals surface area contributed by atoms with Gasteiger partial charge in [-0.3, -0.25) is 0 Å². The molecule has 0 unspecified atom stereocenters. The van der Waals surface area contributed by atoms with E-state index in [2.05, 4.69) is 38.2 Å². The van der Waals surface area contributed by atoms with Crippen molar-refractivity contribution >= 4 is 6.09 Å². The summed E-state index contributed by atoms with van der Waals surface area (Å²) in [5.41, 5.74) is 1.90. The number of hydrogen-bond acceptors (Lipinski definition) is 3. The quantitative estimate of drug-likeness (QED) is 0.896. The summed E-state index contributed by atoms with van der Waals surface area (Å²) in [7, 11) is 0. The first-order chi connectivity index (χ1) is 10.0. The van der Waals surface area contributed by atoms with Crippen molar-refractivity contribution < 1.29 is 14.6 Å². The lowest BCUT2D eigenvalue weighted by Crippen LogP contribution is -2.42. The zero-order valence-electron chi connectivity index (χ0n) is 14.6. The summed E-state index contributed by atoms with van der Waals surface area (Å²) in [6.07, 6.45) is 0.0676. The Labute approximate surface area is 133 Å². The van der Waals surface area contributed by atoms with Crippen LogP contribution in [0.3, 0.4) is 0 Å². The number of amides is 1. The molecule has 1 aromatic rings. The lowest BCUT2D eigenvalue weighted by Gasteiger charge is -2.23. The highest BCUT2D eigenvalue weighted by Crippen LogP contribution is 2.22. The van der Waals surface area contributed by atoms with E-state index in [-0.39, 0.29) is 18.1 Å². The van der Waals surface area contributed by atoms with Gasteiger partial charge in [0.2, 0.25) is 0 Å². The first-order valence-electron chi connectivity index (χ1n) is 7.71. The zero-order chi connectivity index (χ0) is 17.0. The number of alkyl carbamates (subject to hydrolysis) is 1. The second kappa shape index (κ2) is 7.14. The Morgan fingerprint density at radius 3 is 2.09 bits per heavy atom. The lowest BCUT2D eigenvalue weighted by molar-refractivity contribution is 0.0483. The van der Waals surface area contributed by atoms with Crippen LogP contribution in [0.1, 0.15) is 52.7 Å². The number of carbonyl (C=O) groups excluding carboxylic acids is 1. The number of aliphatic hydroxyl groups excluding tert-OH is 1. The Morgan fingerprint density at radius 1 is 1.14 bits per heavy atom. The number of rotatable bonds is 4. The first kappa shape index (κ1) is 18.5. The third-order valence-corrected chi connectivity index (χ3v) is 3.24. The number of aliphatic hydroxyl groups is 1. The van der Waals surface area contributed by atoms with E-state index in [1.165, 1.54) is 5.56 Å². The van der Waals surface area contributed by atoms with E-state index >= 15 is 0 Å². The molecule has 0 aromatic heterocycles. The highest BCUT2D eigenvalue weighted by atomic mass is 16.6. The summed E-state index contributed by atoms with van der Waals surface area (Å²) >= 11 is 0.